The van der Waals surface area contributed by atoms with E-state index in [1.165, 1.54) is 0 Å². The molecule has 5 nitrogen and oxygen atoms in total. The Morgan fingerprint density at radius 2 is 1.12 bits per heavy atom. The van der Waals surface area contributed by atoms with Crippen molar-refractivity contribution in [1.82, 2.24) is 0 Å². The Bertz CT molecular complexity index is 941. The van der Waals surface area contributed by atoms with E-state index in [9.17, 15) is 5.11 Å². The Hall–Kier alpha value is -2.61. The fourth-order valence-corrected chi connectivity index (χ4v) is 3.78. The number of halogens is 1. The first-order chi connectivity index (χ1) is 16.2. The molecule has 0 radical (unpaired) electrons. The third-order valence-electron chi connectivity index (χ3n) is 5.55. The van der Waals surface area contributed by atoms with E-state index in [1.807, 2.05) is 91.0 Å². The van der Waals surface area contributed by atoms with Crippen molar-refractivity contribution in [3.63, 3.8) is 0 Å². The number of alkyl halides is 1. The third-order valence-corrected chi connectivity index (χ3v) is 5.55. The van der Waals surface area contributed by atoms with Crippen molar-refractivity contribution in [1.29, 1.82) is 0 Å². The first-order valence-corrected chi connectivity index (χ1v) is 11.1. The minimum absolute atomic E-state index is 0.0102. The smallest absolute Gasteiger partial charge is 0.184 e. The van der Waals surface area contributed by atoms with Gasteiger partial charge in [-0.3, -0.25) is 0 Å². The average molecular weight is 453 g/mol. The van der Waals surface area contributed by atoms with Crippen LogP contribution in [0, 0.1) is 0 Å². The van der Waals surface area contributed by atoms with Crippen LogP contribution in [0.5, 0.6) is 0 Å². The zero-order valence-corrected chi connectivity index (χ0v) is 18.3. The molecule has 4 rings (SSSR count). The maximum atomic E-state index is 15.6. The number of aliphatic hydroxyl groups is 1. The van der Waals surface area contributed by atoms with E-state index in [0.29, 0.717) is 6.61 Å². The second-order valence-corrected chi connectivity index (χ2v) is 8.03. The Balaban J connectivity index is 1.41. The largest absolute Gasteiger partial charge is 0.374 e. The summed E-state index contributed by atoms with van der Waals surface area (Å²) in [6, 6.07) is 28.6. The molecule has 1 N–H and O–H groups in total. The molecule has 0 saturated carbocycles. The zero-order chi connectivity index (χ0) is 22.9. The molecule has 0 aliphatic carbocycles. The van der Waals surface area contributed by atoms with Gasteiger partial charge in [-0.15, -0.1) is 0 Å². The van der Waals surface area contributed by atoms with Crippen LogP contribution >= 0.6 is 0 Å². The van der Waals surface area contributed by atoms with Crippen molar-refractivity contribution in [3.8, 4) is 0 Å². The Morgan fingerprint density at radius 1 is 0.667 bits per heavy atom. The van der Waals surface area contributed by atoms with Gasteiger partial charge in [0.2, 0.25) is 0 Å². The van der Waals surface area contributed by atoms with E-state index >= 15 is 4.39 Å². The summed E-state index contributed by atoms with van der Waals surface area (Å²) in [5.41, 5.74) is 2.80. The number of hydrogen-bond donors (Lipinski definition) is 1. The van der Waals surface area contributed by atoms with E-state index in [2.05, 4.69) is 0 Å². The maximum absolute atomic E-state index is 15.6. The van der Waals surface area contributed by atoms with Gasteiger partial charge in [0.25, 0.3) is 0 Å². The minimum atomic E-state index is -1.53. The van der Waals surface area contributed by atoms with E-state index < -0.39 is 30.8 Å². The predicted octanol–water partition coefficient (Wildman–Crippen LogP) is 4.43. The van der Waals surface area contributed by atoms with Gasteiger partial charge < -0.3 is 24.1 Å². The van der Waals surface area contributed by atoms with Crippen LogP contribution in [0.2, 0.25) is 0 Å². The number of benzene rings is 3. The fraction of sp³-hybridized carbons (Fsp3) is 0.333. The molecule has 6 heteroatoms. The first-order valence-electron chi connectivity index (χ1n) is 11.1. The summed E-state index contributed by atoms with van der Waals surface area (Å²) in [5.74, 6) is 0. The number of rotatable bonds is 10. The van der Waals surface area contributed by atoms with Crippen LogP contribution in [0.25, 0.3) is 0 Å². The van der Waals surface area contributed by atoms with Gasteiger partial charge >= 0.3 is 0 Å². The summed E-state index contributed by atoms with van der Waals surface area (Å²) >= 11 is 0. The Labute approximate surface area is 193 Å². The lowest BCUT2D eigenvalue weighted by atomic mass is 9.99. The maximum Gasteiger partial charge on any atom is 0.184 e. The highest BCUT2D eigenvalue weighted by Crippen LogP contribution is 2.29. The van der Waals surface area contributed by atoms with Crippen LogP contribution in [0.15, 0.2) is 91.0 Å². The second kappa shape index (κ2) is 12.0. The van der Waals surface area contributed by atoms with Crippen LogP contribution in [-0.2, 0) is 38.8 Å². The van der Waals surface area contributed by atoms with Crippen molar-refractivity contribution >= 4 is 0 Å². The van der Waals surface area contributed by atoms with Gasteiger partial charge in [0.1, 0.15) is 18.3 Å². The normalized spacial score (nSPS) is 25.1. The van der Waals surface area contributed by atoms with Crippen LogP contribution in [0.4, 0.5) is 4.39 Å². The summed E-state index contributed by atoms with van der Waals surface area (Å²) in [4.78, 5) is 0. The SMILES string of the molecule is OC1OC(COCc2ccccc2)[C@@H](F)[C@H](OCc2ccccc2)[C@H]1OCc1ccccc1. The van der Waals surface area contributed by atoms with Gasteiger partial charge in [-0.25, -0.2) is 4.39 Å². The van der Waals surface area contributed by atoms with Crippen molar-refractivity contribution in [2.24, 2.45) is 0 Å². The molecule has 2 unspecified atom stereocenters. The summed E-state index contributed by atoms with van der Waals surface area (Å²) in [7, 11) is 0. The zero-order valence-electron chi connectivity index (χ0n) is 18.3. The molecule has 33 heavy (non-hydrogen) atoms. The fourth-order valence-electron chi connectivity index (χ4n) is 3.78. The molecule has 5 atom stereocenters. The number of ether oxygens (including phenoxy) is 4. The second-order valence-electron chi connectivity index (χ2n) is 8.03. The average Bonchev–Trinajstić information content (AvgIpc) is 2.86. The predicted molar refractivity (Wildman–Crippen MR) is 122 cm³/mol. The molecular formula is C27H29FO5. The molecule has 174 valence electrons. The summed E-state index contributed by atoms with van der Waals surface area (Å²) in [6.45, 7) is 0.719. The summed E-state index contributed by atoms with van der Waals surface area (Å²) in [6.07, 6.45) is -5.83. The highest BCUT2D eigenvalue weighted by molar-refractivity contribution is 5.15. The summed E-state index contributed by atoms with van der Waals surface area (Å²) in [5, 5.41) is 10.7. The summed E-state index contributed by atoms with van der Waals surface area (Å²) < 4.78 is 38.7. The topological polar surface area (TPSA) is 57.2 Å². The first kappa shape index (κ1) is 23.5. The quantitative estimate of drug-likeness (QED) is 0.493. The van der Waals surface area contributed by atoms with Gasteiger partial charge in [0.15, 0.2) is 12.5 Å². The Morgan fingerprint density at radius 3 is 1.64 bits per heavy atom. The lowest BCUT2D eigenvalue weighted by molar-refractivity contribution is -0.298. The lowest BCUT2D eigenvalue weighted by Gasteiger charge is -2.41. The molecule has 0 spiro atoms. The van der Waals surface area contributed by atoms with Crippen LogP contribution in [0.3, 0.4) is 0 Å². The molecule has 1 aliphatic heterocycles. The van der Waals surface area contributed by atoms with Gasteiger partial charge in [-0.05, 0) is 16.7 Å². The molecule has 3 aromatic rings. The number of hydrogen-bond acceptors (Lipinski definition) is 5. The molecule has 1 aliphatic rings. The van der Waals surface area contributed by atoms with Crippen molar-refractivity contribution in [3.05, 3.63) is 108 Å². The van der Waals surface area contributed by atoms with Gasteiger partial charge in [0.05, 0.1) is 26.4 Å². The molecule has 1 heterocycles. The van der Waals surface area contributed by atoms with Crippen molar-refractivity contribution < 1.29 is 28.4 Å². The Kier molecular flexibility index (Phi) is 8.58. The van der Waals surface area contributed by atoms with E-state index in [0.717, 1.165) is 16.7 Å². The highest BCUT2D eigenvalue weighted by Gasteiger charge is 2.47. The van der Waals surface area contributed by atoms with Gasteiger partial charge in [-0.1, -0.05) is 91.0 Å². The van der Waals surface area contributed by atoms with Crippen LogP contribution in [0.1, 0.15) is 16.7 Å². The van der Waals surface area contributed by atoms with Crippen molar-refractivity contribution in [2.45, 2.75) is 50.6 Å². The van der Waals surface area contributed by atoms with Gasteiger partial charge in [-0.2, -0.15) is 0 Å². The highest BCUT2D eigenvalue weighted by atomic mass is 19.1. The van der Waals surface area contributed by atoms with Crippen LogP contribution < -0.4 is 0 Å². The van der Waals surface area contributed by atoms with E-state index in [4.69, 9.17) is 18.9 Å². The van der Waals surface area contributed by atoms with Crippen LogP contribution in [-0.4, -0.2) is 42.5 Å². The molecule has 1 saturated heterocycles. The molecule has 0 bridgehead atoms. The number of aliphatic hydroxyl groups excluding tert-OH is 1. The monoisotopic (exact) mass is 452 g/mol. The molecule has 0 aromatic heterocycles. The van der Waals surface area contributed by atoms with Crippen molar-refractivity contribution in [2.75, 3.05) is 6.61 Å². The standard InChI is InChI=1S/C27H29FO5/c28-24-23(19-30-16-20-10-4-1-5-11-20)33-27(29)26(32-18-22-14-8-3-9-15-22)25(24)31-17-21-12-6-2-7-13-21/h1-15,23-27,29H,16-19H2/t23?,24-,25+,26-,27?/m1/s1. The van der Waals surface area contributed by atoms with E-state index in [-0.39, 0.29) is 19.8 Å². The minimum Gasteiger partial charge on any atom is -0.374 e. The van der Waals surface area contributed by atoms with E-state index in [1.54, 1.807) is 0 Å². The molecule has 1 fully saturated rings. The third kappa shape index (κ3) is 6.69. The molecular weight excluding hydrogens is 423 g/mol. The molecule has 0 amide bonds. The molecule has 3 aromatic carbocycles. The van der Waals surface area contributed by atoms with Gasteiger partial charge in [0, 0.05) is 0 Å². The lowest BCUT2D eigenvalue weighted by Crippen LogP contribution is -2.58.